The number of H-pyrrole nitrogens is 1. The van der Waals surface area contributed by atoms with Crippen molar-refractivity contribution in [3.05, 3.63) is 17.1 Å². The third-order valence-corrected chi connectivity index (χ3v) is 5.23. The summed E-state index contributed by atoms with van der Waals surface area (Å²) >= 11 is 0. The monoisotopic (exact) mass is 406 g/mol. The summed E-state index contributed by atoms with van der Waals surface area (Å²) in [4.78, 5) is 29.7. The number of fused-ring (bicyclic) bond motifs is 3. The number of urea groups is 1. The van der Waals surface area contributed by atoms with Crippen LogP contribution in [-0.4, -0.2) is 51.0 Å². The van der Waals surface area contributed by atoms with E-state index in [-0.39, 0.29) is 29.9 Å². The number of hydrogen-bond donors (Lipinski definition) is 1. The van der Waals surface area contributed by atoms with Crippen LogP contribution in [0.15, 0.2) is 9.52 Å². The maximum absolute atomic E-state index is 13.1. The van der Waals surface area contributed by atoms with Crippen LogP contribution in [-0.2, 0) is 0 Å². The topological polar surface area (TPSA) is 90.6 Å². The molecule has 0 aromatic carbocycles. The predicted octanol–water partition coefficient (Wildman–Crippen LogP) is 3.93. The number of aromatic amines is 1. The van der Waals surface area contributed by atoms with E-state index in [0.29, 0.717) is 36.3 Å². The van der Waals surface area contributed by atoms with Gasteiger partial charge in [0.25, 0.3) is 0 Å². The van der Waals surface area contributed by atoms with Crippen molar-refractivity contribution in [3.8, 4) is 11.4 Å². The van der Waals surface area contributed by atoms with Crippen molar-refractivity contribution >= 4 is 30.1 Å². The Morgan fingerprint density at radius 2 is 2.00 bits per heavy atom. The van der Waals surface area contributed by atoms with Crippen molar-refractivity contribution in [1.29, 1.82) is 0 Å². The standard InChI is InChI=1S/C19H26N6O2.ClH/c1-7-8-24-17-14(21-15(22-17)13-10(2)23-27-11(13)3)16-20-12(19(4,5)6)9-25(16)18(24)26;/h12H,7-9H2,1-6H3,(H,21,22);1H/t12-;/m1./s1. The van der Waals surface area contributed by atoms with Crippen LogP contribution in [0.2, 0.25) is 0 Å². The van der Waals surface area contributed by atoms with Gasteiger partial charge in [-0.25, -0.2) is 9.78 Å². The van der Waals surface area contributed by atoms with Gasteiger partial charge in [-0.05, 0) is 25.7 Å². The summed E-state index contributed by atoms with van der Waals surface area (Å²) in [6.07, 6.45) is 0.849. The van der Waals surface area contributed by atoms with Crippen molar-refractivity contribution in [2.45, 2.75) is 54.0 Å². The van der Waals surface area contributed by atoms with Gasteiger partial charge in [-0.2, -0.15) is 0 Å². The molecule has 152 valence electrons. The van der Waals surface area contributed by atoms with Crippen LogP contribution in [0.25, 0.3) is 11.4 Å². The molecular formula is C19H27ClN6O2. The summed E-state index contributed by atoms with van der Waals surface area (Å²) in [5.74, 6) is 2.69. The van der Waals surface area contributed by atoms with Gasteiger partial charge in [-0.1, -0.05) is 32.9 Å². The Labute approximate surface area is 170 Å². The van der Waals surface area contributed by atoms with Gasteiger partial charge in [-0.3, -0.25) is 14.8 Å². The average Bonchev–Trinajstić information content (AvgIpc) is 3.27. The molecule has 4 heterocycles. The number of anilines is 1. The van der Waals surface area contributed by atoms with Gasteiger partial charge >= 0.3 is 6.03 Å². The molecule has 1 N–H and O–H groups in total. The highest BCUT2D eigenvalue weighted by Gasteiger charge is 2.45. The maximum atomic E-state index is 13.1. The van der Waals surface area contributed by atoms with E-state index in [1.54, 1.807) is 9.80 Å². The second-order valence-electron chi connectivity index (χ2n) is 8.36. The van der Waals surface area contributed by atoms with Crippen molar-refractivity contribution in [3.63, 3.8) is 0 Å². The highest BCUT2D eigenvalue weighted by atomic mass is 35.5. The quantitative estimate of drug-likeness (QED) is 0.835. The second kappa shape index (κ2) is 6.92. The van der Waals surface area contributed by atoms with E-state index >= 15 is 0 Å². The molecule has 2 aliphatic rings. The molecule has 0 saturated heterocycles. The van der Waals surface area contributed by atoms with E-state index in [2.05, 4.69) is 37.8 Å². The lowest BCUT2D eigenvalue weighted by atomic mass is 9.87. The number of nitrogens with zero attached hydrogens (tertiary/aromatic N) is 5. The molecule has 2 aromatic heterocycles. The summed E-state index contributed by atoms with van der Waals surface area (Å²) in [7, 11) is 0. The summed E-state index contributed by atoms with van der Waals surface area (Å²) in [6, 6.07) is 0.00310. The Morgan fingerprint density at radius 3 is 2.57 bits per heavy atom. The smallest absolute Gasteiger partial charge is 0.331 e. The Kier molecular flexibility index (Phi) is 5.04. The molecule has 4 rings (SSSR count). The molecular weight excluding hydrogens is 380 g/mol. The number of amides is 2. The van der Waals surface area contributed by atoms with Crippen molar-refractivity contribution in [2.24, 2.45) is 10.4 Å². The lowest BCUT2D eigenvalue weighted by molar-refractivity contribution is 0.220. The highest BCUT2D eigenvalue weighted by Crippen LogP contribution is 2.37. The lowest BCUT2D eigenvalue weighted by Gasteiger charge is -2.32. The molecule has 0 saturated carbocycles. The van der Waals surface area contributed by atoms with Crippen LogP contribution < -0.4 is 4.90 Å². The fourth-order valence-corrected chi connectivity index (χ4v) is 3.67. The van der Waals surface area contributed by atoms with E-state index in [4.69, 9.17) is 14.5 Å². The predicted molar refractivity (Wildman–Crippen MR) is 110 cm³/mol. The van der Waals surface area contributed by atoms with Gasteiger partial charge in [0.05, 0.1) is 23.8 Å². The number of aliphatic imine (C=N–C) groups is 1. The largest absolute Gasteiger partial charge is 0.361 e. The fraction of sp³-hybridized carbons (Fsp3) is 0.579. The Hall–Kier alpha value is -2.35. The van der Waals surface area contributed by atoms with Crippen LogP contribution in [0.5, 0.6) is 0 Å². The van der Waals surface area contributed by atoms with Crippen LogP contribution in [0, 0.1) is 19.3 Å². The number of aryl methyl sites for hydroxylation is 2. The number of halogens is 1. The molecule has 2 aliphatic heterocycles. The number of aromatic nitrogens is 3. The third kappa shape index (κ3) is 2.99. The molecule has 0 spiro atoms. The minimum Gasteiger partial charge on any atom is -0.361 e. The normalized spacial score (nSPS) is 18.7. The SMILES string of the molecule is CCCN1C(=O)N2C[C@H](C(C)(C)C)N=C2c2[nH]c(-c3c(C)noc3C)nc21.Cl. The zero-order chi connectivity index (χ0) is 19.5. The molecule has 2 aromatic rings. The van der Waals surface area contributed by atoms with Crippen LogP contribution in [0.4, 0.5) is 10.6 Å². The van der Waals surface area contributed by atoms with E-state index in [1.165, 1.54) is 0 Å². The van der Waals surface area contributed by atoms with Crippen LogP contribution in [0.1, 0.15) is 51.3 Å². The molecule has 0 bridgehead atoms. The Bertz CT molecular complexity index is 919. The molecule has 1 atom stereocenters. The number of nitrogens with one attached hydrogen (secondary N) is 1. The average molecular weight is 407 g/mol. The van der Waals surface area contributed by atoms with Crippen molar-refractivity contribution < 1.29 is 9.32 Å². The van der Waals surface area contributed by atoms with Gasteiger partial charge in [-0.15, -0.1) is 12.4 Å². The summed E-state index contributed by atoms with van der Waals surface area (Å²) in [5, 5.41) is 4.02. The first kappa shape index (κ1) is 20.4. The van der Waals surface area contributed by atoms with E-state index in [1.807, 2.05) is 13.8 Å². The highest BCUT2D eigenvalue weighted by molar-refractivity contribution is 6.18. The first-order valence-corrected chi connectivity index (χ1v) is 9.42. The van der Waals surface area contributed by atoms with Gasteiger partial charge in [0.2, 0.25) is 0 Å². The fourth-order valence-electron chi connectivity index (χ4n) is 3.67. The summed E-state index contributed by atoms with van der Waals surface area (Å²) in [5.41, 5.74) is 2.38. The lowest BCUT2D eigenvalue weighted by Crippen LogP contribution is -2.51. The Balaban J connectivity index is 0.00000225. The zero-order valence-electron chi connectivity index (χ0n) is 17.2. The first-order chi connectivity index (χ1) is 12.7. The number of rotatable bonds is 3. The van der Waals surface area contributed by atoms with Crippen molar-refractivity contribution in [2.75, 3.05) is 18.0 Å². The van der Waals surface area contributed by atoms with E-state index in [0.717, 1.165) is 23.4 Å². The minimum atomic E-state index is -0.0494. The van der Waals surface area contributed by atoms with Crippen LogP contribution in [0.3, 0.4) is 0 Å². The van der Waals surface area contributed by atoms with Crippen LogP contribution >= 0.6 is 12.4 Å². The third-order valence-electron chi connectivity index (χ3n) is 5.23. The molecule has 9 heteroatoms. The number of amidine groups is 1. The number of carbonyl (C=O) groups excluding carboxylic acids is 1. The number of imidazole rings is 1. The number of carbonyl (C=O) groups is 1. The zero-order valence-corrected chi connectivity index (χ0v) is 18.0. The maximum Gasteiger partial charge on any atom is 0.331 e. The minimum absolute atomic E-state index is 0. The van der Waals surface area contributed by atoms with E-state index in [9.17, 15) is 4.79 Å². The van der Waals surface area contributed by atoms with Gasteiger partial charge in [0.15, 0.2) is 11.7 Å². The van der Waals surface area contributed by atoms with E-state index < -0.39 is 0 Å². The van der Waals surface area contributed by atoms with Gasteiger partial charge in [0, 0.05) is 6.54 Å². The first-order valence-electron chi connectivity index (χ1n) is 9.42. The molecule has 0 radical (unpaired) electrons. The summed E-state index contributed by atoms with van der Waals surface area (Å²) in [6.45, 7) is 13.5. The summed E-state index contributed by atoms with van der Waals surface area (Å²) < 4.78 is 5.29. The van der Waals surface area contributed by atoms with Crippen molar-refractivity contribution in [1.82, 2.24) is 20.0 Å². The molecule has 0 unspecified atom stereocenters. The molecule has 0 fully saturated rings. The second-order valence-corrected chi connectivity index (χ2v) is 8.36. The van der Waals surface area contributed by atoms with Gasteiger partial charge in [0.1, 0.15) is 17.3 Å². The molecule has 2 amide bonds. The number of hydrogen-bond acceptors (Lipinski definition) is 5. The molecule has 0 aliphatic carbocycles. The molecule has 8 nitrogen and oxygen atoms in total. The van der Waals surface area contributed by atoms with Gasteiger partial charge < -0.3 is 9.51 Å². The Morgan fingerprint density at radius 1 is 1.29 bits per heavy atom. The molecule has 28 heavy (non-hydrogen) atoms.